The topological polar surface area (TPSA) is 59.8 Å². The molecule has 0 aliphatic carbocycles. The standard InChI is InChI=1S/C11H16N2.C10H13FN2.C7H16N2/c12-11-6-7-13(9-11)8-10-4-2-1-3-5-10;11-9-1-3-10(4-2-9)13-7-5-12-6-8-13;1-8-7-3-5-9(2)6-4-7/h1-5,11H,6-9,12H2;1-4,12H,5-8H2;7-8H,3-6H2,1-2H3. The van der Waals surface area contributed by atoms with Gasteiger partial charge >= 0.3 is 0 Å². The summed E-state index contributed by atoms with van der Waals surface area (Å²) in [5, 5.41) is 6.58. The van der Waals surface area contributed by atoms with E-state index in [0.29, 0.717) is 6.04 Å². The molecule has 3 heterocycles. The van der Waals surface area contributed by atoms with Gasteiger partial charge in [0.1, 0.15) is 5.82 Å². The summed E-state index contributed by atoms with van der Waals surface area (Å²) < 4.78 is 12.6. The number of anilines is 1. The van der Waals surface area contributed by atoms with Gasteiger partial charge in [0.15, 0.2) is 0 Å². The molecular weight excluding hydrogens is 439 g/mol. The molecule has 0 radical (unpaired) electrons. The van der Waals surface area contributed by atoms with Gasteiger partial charge in [0.25, 0.3) is 0 Å². The van der Waals surface area contributed by atoms with Gasteiger partial charge in [-0.3, -0.25) is 4.90 Å². The smallest absolute Gasteiger partial charge is 0.123 e. The minimum Gasteiger partial charge on any atom is -0.369 e. The number of halogens is 1. The van der Waals surface area contributed by atoms with E-state index in [2.05, 4.69) is 69.8 Å². The quantitative estimate of drug-likeness (QED) is 0.621. The first-order valence-electron chi connectivity index (χ1n) is 13.1. The lowest BCUT2D eigenvalue weighted by Gasteiger charge is -2.29. The molecule has 4 N–H and O–H groups in total. The predicted octanol–water partition coefficient (Wildman–Crippen LogP) is 2.75. The highest BCUT2D eigenvalue weighted by molar-refractivity contribution is 5.46. The van der Waals surface area contributed by atoms with Crippen molar-refractivity contribution in [2.24, 2.45) is 5.73 Å². The molecule has 3 aliphatic heterocycles. The highest BCUT2D eigenvalue weighted by Gasteiger charge is 2.18. The second-order valence-corrected chi connectivity index (χ2v) is 9.85. The van der Waals surface area contributed by atoms with Gasteiger partial charge in [-0.05, 0) is 76.3 Å². The van der Waals surface area contributed by atoms with Crippen molar-refractivity contribution in [3.8, 4) is 0 Å². The lowest BCUT2D eigenvalue weighted by atomic mass is 10.1. The summed E-state index contributed by atoms with van der Waals surface area (Å²) in [7, 11) is 4.24. The highest BCUT2D eigenvalue weighted by Crippen LogP contribution is 2.15. The summed E-state index contributed by atoms with van der Waals surface area (Å²) >= 11 is 0. The summed E-state index contributed by atoms with van der Waals surface area (Å²) in [5.41, 5.74) is 8.34. The molecule has 0 amide bonds. The summed E-state index contributed by atoms with van der Waals surface area (Å²) in [5.74, 6) is -0.168. The van der Waals surface area contributed by atoms with E-state index in [4.69, 9.17) is 5.73 Å². The SMILES string of the molecule is CNC1CCN(C)CC1.Fc1ccc(N2CCNCC2)cc1.NC1CCN(Cc2ccccc2)C1. The van der Waals surface area contributed by atoms with Crippen LogP contribution in [0.4, 0.5) is 10.1 Å². The molecule has 3 aliphatic rings. The van der Waals surface area contributed by atoms with Crippen LogP contribution < -0.4 is 21.3 Å². The fraction of sp³-hybridized carbons (Fsp3) is 0.571. The van der Waals surface area contributed by atoms with E-state index in [9.17, 15) is 4.39 Å². The van der Waals surface area contributed by atoms with Gasteiger partial charge in [-0.15, -0.1) is 0 Å². The Hall–Kier alpha value is -2.03. The first-order chi connectivity index (χ1) is 17.0. The monoisotopic (exact) mass is 484 g/mol. The van der Waals surface area contributed by atoms with Crippen LogP contribution in [0.2, 0.25) is 0 Å². The molecule has 0 spiro atoms. The number of nitrogens with one attached hydrogen (secondary N) is 2. The Labute approximate surface area is 211 Å². The van der Waals surface area contributed by atoms with Crippen LogP contribution in [0.3, 0.4) is 0 Å². The second kappa shape index (κ2) is 15.2. The zero-order valence-corrected chi connectivity index (χ0v) is 21.6. The van der Waals surface area contributed by atoms with Crippen molar-refractivity contribution in [2.75, 3.05) is 71.4 Å². The van der Waals surface area contributed by atoms with Crippen molar-refractivity contribution in [3.05, 3.63) is 66.0 Å². The van der Waals surface area contributed by atoms with E-state index in [1.54, 1.807) is 0 Å². The third kappa shape index (κ3) is 10.2. The van der Waals surface area contributed by atoms with Gasteiger partial charge in [0.2, 0.25) is 0 Å². The van der Waals surface area contributed by atoms with Crippen LogP contribution in [0.25, 0.3) is 0 Å². The molecule has 7 heteroatoms. The van der Waals surface area contributed by atoms with Gasteiger partial charge in [-0.2, -0.15) is 0 Å². The molecule has 6 nitrogen and oxygen atoms in total. The van der Waals surface area contributed by atoms with E-state index in [-0.39, 0.29) is 5.82 Å². The van der Waals surface area contributed by atoms with Crippen molar-refractivity contribution in [2.45, 2.75) is 37.9 Å². The number of hydrogen-bond donors (Lipinski definition) is 3. The fourth-order valence-corrected chi connectivity index (χ4v) is 4.72. The van der Waals surface area contributed by atoms with Crippen LogP contribution in [0.5, 0.6) is 0 Å². The van der Waals surface area contributed by atoms with E-state index in [1.807, 2.05) is 12.1 Å². The summed E-state index contributed by atoms with van der Waals surface area (Å²) in [6, 6.07) is 18.4. The number of piperazine rings is 1. The van der Waals surface area contributed by atoms with Crippen molar-refractivity contribution < 1.29 is 4.39 Å². The Morgan fingerprint density at radius 3 is 2.14 bits per heavy atom. The van der Waals surface area contributed by atoms with Crippen molar-refractivity contribution in [1.82, 2.24) is 20.4 Å². The molecule has 2 aromatic rings. The van der Waals surface area contributed by atoms with Crippen LogP contribution in [0.15, 0.2) is 54.6 Å². The zero-order valence-electron chi connectivity index (χ0n) is 21.6. The number of likely N-dealkylation sites (tertiary alicyclic amines) is 2. The highest BCUT2D eigenvalue weighted by atomic mass is 19.1. The normalized spacial score (nSPS) is 21.6. The molecular formula is C28H45FN6. The average molecular weight is 485 g/mol. The second-order valence-electron chi connectivity index (χ2n) is 9.85. The molecule has 3 saturated heterocycles. The Kier molecular flexibility index (Phi) is 11.9. The molecule has 35 heavy (non-hydrogen) atoms. The molecule has 0 bridgehead atoms. The average Bonchev–Trinajstić information content (AvgIpc) is 3.31. The number of benzene rings is 2. The third-order valence-electron chi connectivity index (χ3n) is 6.99. The minimum absolute atomic E-state index is 0.168. The van der Waals surface area contributed by atoms with Gasteiger partial charge in [0, 0.05) is 63.6 Å². The summed E-state index contributed by atoms with van der Waals surface area (Å²) in [6.45, 7) is 9.79. The maximum absolute atomic E-state index is 12.6. The first kappa shape index (κ1) is 27.6. The number of nitrogens with two attached hydrogens (primary N) is 1. The van der Waals surface area contributed by atoms with Crippen LogP contribution in [0, 0.1) is 5.82 Å². The molecule has 5 rings (SSSR count). The largest absolute Gasteiger partial charge is 0.369 e. The third-order valence-corrected chi connectivity index (χ3v) is 6.99. The van der Waals surface area contributed by atoms with Crippen molar-refractivity contribution in [1.29, 1.82) is 0 Å². The van der Waals surface area contributed by atoms with Gasteiger partial charge in [-0.1, -0.05) is 30.3 Å². The van der Waals surface area contributed by atoms with Gasteiger partial charge in [0.05, 0.1) is 0 Å². The first-order valence-corrected chi connectivity index (χ1v) is 13.1. The lowest BCUT2D eigenvalue weighted by Crippen LogP contribution is -2.43. The molecule has 0 aromatic heterocycles. The molecule has 3 fully saturated rings. The maximum Gasteiger partial charge on any atom is 0.123 e. The molecule has 0 saturated carbocycles. The number of piperidine rings is 1. The van der Waals surface area contributed by atoms with Crippen LogP contribution in [0.1, 0.15) is 24.8 Å². The van der Waals surface area contributed by atoms with Crippen LogP contribution >= 0.6 is 0 Å². The number of rotatable bonds is 4. The summed E-state index contributed by atoms with van der Waals surface area (Å²) in [6.07, 6.45) is 3.77. The van der Waals surface area contributed by atoms with E-state index < -0.39 is 0 Å². The molecule has 2 aromatic carbocycles. The fourth-order valence-electron chi connectivity index (χ4n) is 4.72. The summed E-state index contributed by atoms with van der Waals surface area (Å²) in [4.78, 5) is 7.06. The Bertz CT molecular complexity index is 804. The maximum atomic E-state index is 12.6. The molecule has 1 atom stereocenters. The van der Waals surface area contributed by atoms with E-state index in [1.165, 1.54) is 43.6 Å². The van der Waals surface area contributed by atoms with E-state index in [0.717, 1.165) is 64.0 Å². The number of nitrogens with zero attached hydrogens (tertiary/aromatic N) is 3. The number of hydrogen-bond acceptors (Lipinski definition) is 6. The Balaban J connectivity index is 0.000000150. The van der Waals surface area contributed by atoms with Crippen molar-refractivity contribution in [3.63, 3.8) is 0 Å². The van der Waals surface area contributed by atoms with Crippen LogP contribution in [-0.2, 0) is 6.54 Å². The Morgan fingerprint density at radius 2 is 1.57 bits per heavy atom. The predicted molar refractivity (Wildman–Crippen MR) is 145 cm³/mol. The Morgan fingerprint density at radius 1 is 0.914 bits per heavy atom. The van der Waals surface area contributed by atoms with Crippen LogP contribution in [-0.4, -0.2) is 88.3 Å². The molecule has 194 valence electrons. The lowest BCUT2D eigenvalue weighted by molar-refractivity contribution is 0.240. The van der Waals surface area contributed by atoms with Gasteiger partial charge in [-0.25, -0.2) is 4.39 Å². The minimum atomic E-state index is -0.168. The molecule has 1 unspecified atom stereocenters. The van der Waals surface area contributed by atoms with Gasteiger partial charge < -0.3 is 26.2 Å². The van der Waals surface area contributed by atoms with E-state index >= 15 is 0 Å². The van der Waals surface area contributed by atoms with Crippen molar-refractivity contribution >= 4 is 5.69 Å². The zero-order chi connectivity index (χ0) is 24.9.